The highest BCUT2D eigenvalue weighted by Gasteiger charge is 2.30. The van der Waals surface area contributed by atoms with E-state index in [1.54, 1.807) is 0 Å². The van der Waals surface area contributed by atoms with Crippen LogP contribution in [0.2, 0.25) is 0 Å². The Bertz CT molecular complexity index is 204. The Morgan fingerprint density at radius 2 is 2.06 bits per heavy atom. The molecule has 2 fully saturated rings. The van der Waals surface area contributed by atoms with Gasteiger partial charge in [-0.15, -0.1) is 0 Å². The lowest BCUT2D eigenvalue weighted by Crippen LogP contribution is -2.52. The van der Waals surface area contributed by atoms with E-state index in [9.17, 15) is 0 Å². The van der Waals surface area contributed by atoms with Crippen molar-refractivity contribution in [1.82, 2.24) is 4.90 Å². The monoisotopic (exact) mass is 226 g/mol. The van der Waals surface area contributed by atoms with Gasteiger partial charge in [-0.2, -0.15) is 0 Å². The second-order valence-corrected chi connectivity index (χ2v) is 5.38. The lowest BCUT2D eigenvalue weighted by atomic mass is 9.83. The number of rotatable bonds is 3. The molecule has 1 aliphatic carbocycles. The van der Waals surface area contributed by atoms with E-state index in [0.717, 1.165) is 32.2 Å². The van der Waals surface area contributed by atoms with E-state index in [1.165, 1.54) is 32.1 Å². The number of nitrogens with zero attached hydrogens (tertiary/aromatic N) is 1. The van der Waals surface area contributed by atoms with Gasteiger partial charge in [0.05, 0.1) is 12.7 Å². The van der Waals surface area contributed by atoms with E-state index in [4.69, 9.17) is 10.5 Å². The molecule has 1 heterocycles. The summed E-state index contributed by atoms with van der Waals surface area (Å²) in [4.78, 5) is 2.57. The van der Waals surface area contributed by atoms with E-state index in [0.29, 0.717) is 12.1 Å². The van der Waals surface area contributed by atoms with Gasteiger partial charge in [0.15, 0.2) is 0 Å². The maximum Gasteiger partial charge on any atom is 0.0674 e. The fourth-order valence-electron chi connectivity index (χ4n) is 3.31. The maximum absolute atomic E-state index is 6.00. The van der Waals surface area contributed by atoms with Crippen LogP contribution in [0.4, 0.5) is 0 Å². The highest BCUT2D eigenvalue weighted by Crippen LogP contribution is 2.29. The van der Waals surface area contributed by atoms with Crippen molar-refractivity contribution in [1.29, 1.82) is 0 Å². The summed E-state index contributed by atoms with van der Waals surface area (Å²) in [5, 5.41) is 0. The molecule has 3 nitrogen and oxygen atoms in total. The van der Waals surface area contributed by atoms with Crippen molar-refractivity contribution in [2.24, 2.45) is 11.7 Å². The Kier molecular flexibility index (Phi) is 4.62. The number of ether oxygens (including phenoxy) is 1. The van der Waals surface area contributed by atoms with Gasteiger partial charge in [0.2, 0.25) is 0 Å². The molecule has 0 radical (unpaired) electrons. The summed E-state index contributed by atoms with van der Waals surface area (Å²) >= 11 is 0. The molecule has 16 heavy (non-hydrogen) atoms. The van der Waals surface area contributed by atoms with E-state index in [-0.39, 0.29) is 0 Å². The van der Waals surface area contributed by atoms with Crippen LogP contribution in [0, 0.1) is 5.92 Å². The zero-order valence-electron chi connectivity index (χ0n) is 10.5. The molecule has 2 unspecified atom stereocenters. The summed E-state index contributed by atoms with van der Waals surface area (Å²) in [5.74, 6) is 0.837. The molecule has 1 saturated heterocycles. The Balaban J connectivity index is 1.91. The van der Waals surface area contributed by atoms with Gasteiger partial charge < -0.3 is 10.5 Å². The van der Waals surface area contributed by atoms with E-state index < -0.39 is 0 Å². The van der Waals surface area contributed by atoms with Crippen LogP contribution >= 0.6 is 0 Å². The number of hydrogen-bond donors (Lipinski definition) is 1. The van der Waals surface area contributed by atoms with Crippen molar-refractivity contribution >= 4 is 0 Å². The lowest BCUT2D eigenvalue weighted by molar-refractivity contribution is -0.0445. The van der Waals surface area contributed by atoms with Gasteiger partial charge in [0, 0.05) is 25.7 Å². The second-order valence-electron chi connectivity index (χ2n) is 5.38. The smallest absolute Gasteiger partial charge is 0.0674 e. The van der Waals surface area contributed by atoms with Gasteiger partial charge in [-0.3, -0.25) is 4.90 Å². The third kappa shape index (κ3) is 2.96. The van der Waals surface area contributed by atoms with Gasteiger partial charge in [-0.05, 0) is 25.7 Å². The summed E-state index contributed by atoms with van der Waals surface area (Å²) in [6.07, 6.45) is 7.38. The molecule has 3 heteroatoms. The molecule has 2 aliphatic rings. The molecule has 0 aromatic carbocycles. The van der Waals surface area contributed by atoms with Crippen LogP contribution in [0.3, 0.4) is 0 Å². The van der Waals surface area contributed by atoms with E-state index >= 15 is 0 Å². The molecule has 1 aliphatic heterocycles. The van der Waals surface area contributed by atoms with E-state index in [2.05, 4.69) is 11.8 Å². The predicted molar refractivity (Wildman–Crippen MR) is 66.4 cm³/mol. The van der Waals surface area contributed by atoms with Crippen LogP contribution in [0.25, 0.3) is 0 Å². The number of hydrogen-bond acceptors (Lipinski definition) is 3. The molecule has 0 bridgehead atoms. The minimum atomic E-state index is 0.381. The van der Waals surface area contributed by atoms with Crippen LogP contribution in [0.5, 0.6) is 0 Å². The minimum absolute atomic E-state index is 0.381. The molecule has 2 rings (SSSR count). The highest BCUT2D eigenvalue weighted by molar-refractivity contribution is 4.84. The van der Waals surface area contributed by atoms with Crippen molar-refractivity contribution in [3.05, 3.63) is 0 Å². The Morgan fingerprint density at radius 1 is 1.31 bits per heavy atom. The molecule has 0 aromatic heterocycles. The van der Waals surface area contributed by atoms with Crippen molar-refractivity contribution < 1.29 is 4.74 Å². The minimum Gasteiger partial charge on any atom is -0.376 e. The first-order valence-corrected chi connectivity index (χ1v) is 6.87. The molecule has 0 amide bonds. The Morgan fingerprint density at radius 3 is 2.69 bits per heavy atom. The van der Waals surface area contributed by atoms with E-state index in [1.807, 2.05) is 0 Å². The fourth-order valence-corrected chi connectivity index (χ4v) is 3.31. The summed E-state index contributed by atoms with van der Waals surface area (Å²) < 4.78 is 5.61. The molecular weight excluding hydrogens is 200 g/mol. The molecule has 1 saturated carbocycles. The van der Waals surface area contributed by atoms with Crippen LogP contribution in [-0.2, 0) is 4.74 Å². The fraction of sp³-hybridized carbons (Fsp3) is 1.00. The zero-order chi connectivity index (χ0) is 11.4. The van der Waals surface area contributed by atoms with Gasteiger partial charge in [0.1, 0.15) is 0 Å². The summed E-state index contributed by atoms with van der Waals surface area (Å²) in [6, 6.07) is 0.603. The molecule has 2 atom stereocenters. The quantitative estimate of drug-likeness (QED) is 0.794. The van der Waals surface area contributed by atoms with Gasteiger partial charge in [0.25, 0.3) is 0 Å². The largest absolute Gasteiger partial charge is 0.376 e. The number of morpholine rings is 1. The third-order valence-electron chi connectivity index (χ3n) is 4.18. The topological polar surface area (TPSA) is 38.5 Å². The predicted octanol–water partition coefficient (Wildman–Crippen LogP) is 1.61. The first kappa shape index (κ1) is 12.3. The number of nitrogens with two attached hydrogens (primary N) is 1. The van der Waals surface area contributed by atoms with Gasteiger partial charge in [-0.1, -0.05) is 19.3 Å². The molecular formula is C13H26N2O. The first-order valence-electron chi connectivity index (χ1n) is 6.87. The molecule has 2 N–H and O–H groups in total. The summed E-state index contributed by atoms with van der Waals surface area (Å²) in [7, 11) is 0. The molecule has 0 aromatic rings. The Labute approximate surface area is 99.3 Å². The van der Waals surface area contributed by atoms with Crippen molar-refractivity contribution in [2.75, 3.05) is 26.2 Å². The zero-order valence-corrected chi connectivity index (χ0v) is 10.5. The summed E-state index contributed by atoms with van der Waals surface area (Å²) in [6.45, 7) is 6.00. The van der Waals surface area contributed by atoms with Crippen LogP contribution in [0.15, 0.2) is 0 Å². The average molecular weight is 226 g/mol. The van der Waals surface area contributed by atoms with Crippen LogP contribution in [-0.4, -0.2) is 43.3 Å². The standard InChI is InChI=1S/C13H26N2O/c1-11-10-15(7-8-16-11)13(9-14)12-5-3-2-4-6-12/h11-13H,2-10,14H2,1H3. The van der Waals surface area contributed by atoms with Crippen LogP contribution < -0.4 is 5.73 Å². The summed E-state index contributed by atoms with van der Waals surface area (Å²) in [5.41, 5.74) is 6.00. The van der Waals surface area contributed by atoms with Crippen LogP contribution in [0.1, 0.15) is 39.0 Å². The highest BCUT2D eigenvalue weighted by atomic mass is 16.5. The third-order valence-corrected chi connectivity index (χ3v) is 4.18. The molecule has 0 spiro atoms. The van der Waals surface area contributed by atoms with Crippen molar-refractivity contribution in [3.8, 4) is 0 Å². The van der Waals surface area contributed by atoms with Gasteiger partial charge in [-0.25, -0.2) is 0 Å². The van der Waals surface area contributed by atoms with Crippen molar-refractivity contribution in [2.45, 2.75) is 51.2 Å². The SMILES string of the molecule is CC1CN(C(CN)C2CCCCC2)CCO1. The average Bonchev–Trinajstić information content (AvgIpc) is 2.31. The maximum atomic E-state index is 6.00. The molecule has 94 valence electrons. The Hall–Kier alpha value is -0.120. The van der Waals surface area contributed by atoms with Crippen molar-refractivity contribution in [3.63, 3.8) is 0 Å². The normalized spacial score (nSPS) is 31.5. The lowest BCUT2D eigenvalue weighted by Gasteiger charge is -2.41. The van der Waals surface area contributed by atoms with Gasteiger partial charge >= 0.3 is 0 Å². The first-order chi connectivity index (χ1) is 7.81. The second kappa shape index (κ2) is 5.99.